The van der Waals surface area contributed by atoms with Crippen molar-refractivity contribution in [1.82, 2.24) is 9.80 Å². The molecule has 21 heavy (non-hydrogen) atoms. The van der Waals surface area contributed by atoms with E-state index >= 15 is 0 Å². The van der Waals surface area contributed by atoms with Crippen molar-refractivity contribution in [3.63, 3.8) is 0 Å². The first-order valence-electron chi connectivity index (χ1n) is 7.57. The molecule has 0 aliphatic carbocycles. The molecule has 0 saturated carbocycles. The molecule has 5 nitrogen and oxygen atoms in total. The van der Waals surface area contributed by atoms with Gasteiger partial charge in [0, 0.05) is 24.8 Å². The second-order valence-electron chi connectivity index (χ2n) is 5.37. The molecule has 1 aliphatic rings. The van der Waals surface area contributed by atoms with Crippen LogP contribution in [0, 0.1) is 0 Å². The van der Waals surface area contributed by atoms with Gasteiger partial charge >= 0.3 is 0 Å². The minimum Gasteiger partial charge on any atom is -0.496 e. The lowest BCUT2D eigenvalue weighted by molar-refractivity contribution is 0.0774. The Morgan fingerprint density at radius 3 is 2.76 bits per heavy atom. The lowest BCUT2D eigenvalue weighted by atomic mass is 10.1. The molecule has 2 rings (SSSR count). The fourth-order valence-electron chi connectivity index (χ4n) is 3.03. The topological polar surface area (TPSA) is 58.8 Å². The van der Waals surface area contributed by atoms with E-state index in [0.29, 0.717) is 23.0 Å². The van der Waals surface area contributed by atoms with Gasteiger partial charge in [-0.15, -0.1) is 0 Å². The summed E-state index contributed by atoms with van der Waals surface area (Å²) in [5, 5.41) is 0. The predicted octanol–water partition coefficient (Wildman–Crippen LogP) is 1.83. The third-order valence-corrected chi connectivity index (χ3v) is 4.23. The van der Waals surface area contributed by atoms with Crippen LogP contribution in [0.2, 0.25) is 0 Å². The largest absolute Gasteiger partial charge is 0.496 e. The van der Waals surface area contributed by atoms with E-state index in [9.17, 15) is 4.79 Å². The number of nitrogens with zero attached hydrogens (tertiary/aromatic N) is 2. The summed E-state index contributed by atoms with van der Waals surface area (Å²) in [7, 11) is 1.57. The molecule has 1 aromatic carbocycles. The predicted molar refractivity (Wildman–Crippen MR) is 84.6 cm³/mol. The number of anilines is 1. The van der Waals surface area contributed by atoms with Crippen molar-refractivity contribution in [3.05, 3.63) is 23.8 Å². The van der Waals surface area contributed by atoms with Crippen molar-refractivity contribution < 1.29 is 9.53 Å². The zero-order valence-electron chi connectivity index (χ0n) is 13.1. The lowest BCUT2D eigenvalue weighted by Crippen LogP contribution is -2.38. The highest BCUT2D eigenvalue weighted by Gasteiger charge is 2.30. The Labute approximate surface area is 126 Å². The van der Waals surface area contributed by atoms with Crippen LogP contribution in [0.3, 0.4) is 0 Å². The standard InChI is InChI=1S/C16H25N3O2/c1-4-18(5-2)13-8-9-19(11-13)16(20)14-10-12(17)6-7-15(14)21-3/h6-7,10,13H,4-5,8-9,11,17H2,1-3H3. The summed E-state index contributed by atoms with van der Waals surface area (Å²) in [6.07, 6.45) is 1.03. The Balaban J connectivity index is 2.13. The minimum atomic E-state index is 0.00815. The van der Waals surface area contributed by atoms with Crippen LogP contribution in [0.25, 0.3) is 0 Å². The molecule has 1 heterocycles. The zero-order chi connectivity index (χ0) is 15.4. The average Bonchev–Trinajstić information content (AvgIpc) is 2.97. The summed E-state index contributed by atoms with van der Waals surface area (Å²) in [5.41, 5.74) is 6.94. The summed E-state index contributed by atoms with van der Waals surface area (Å²) in [6, 6.07) is 5.65. The molecular formula is C16H25N3O2. The fourth-order valence-corrected chi connectivity index (χ4v) is 3.03. The number of amides is 1. The van der Waals surface area contributed by atoms with E-state index in [4.69, 9.17) is 10.5 Å². The summed E-state index contributed by atoms with van der Waals surface area (Å²) >= 11 is 0. The number of benzene rings is 1. The van der Waals surface area contributed by atoms with Gasteiger partial charge in [0.1, 0.15) is 5.75 Å². The van der Waals surface area contributed by atoms with E-state index in [1.165, 1.54) is 0 Å². The van der Waals surface area contributed by atoms with Crippen LogP contribution in [0.15, 0.2) is 18.2 Å². The van der Waals surface area contributed by atoms with Gasteiger partial charge in [0.2, 0.25) is 0 Å². The van der Waals surface area contributed by atoms with Crippen LogP contribution in [0.4, 0.5) is 5.69 Å². The molecule has 5 heteroatoms. The Morgan fingerprint density at radius 2 is 2.14 bits per heavy atom. The van der Waals surface area contributed by atoms with Gasteiger partial charge in [-0.1, -0.05) is 13.8 Å². The first-order valence-corrected chi connectivity index (χ1v) is 7.57. The summed E-state index contributed by atoms with van der Waals surface area (Å²) < 4.78 is 5.28. The van der Waals surface area contributed by atoms with Crippen LogP contribution >= 0.6 is 0 Å². The van der Waals surface area contributed by atoms with Crippen LogP contribution in [0.1, 0.15) is 30.6 Å². The van der Waals surface area contributed by atoms with Crippen LogP contribution in [0.5, 0.6) is 5.75 Å². The normalized spacial score (nSPS) is 18.3. The van der Waals surface area contributed by atoms with Crippen molar-refractivity contribution in [1.29, 1.82) is 0 Å². The van der Waals surface area contributed by atoms with Crippen molar-refractivity contribution in [2.75, 3.05) is 39.0 Å². The molecule has 1 aliphatic heterocycles. The number of carbonyl (C=O) groups is 1. The van der Waals surface area contributed by atoms with Crippen molar-refractivity contribution in [3.8, 4) is 5.75 Å². The van der Waals surface area contributed by atoms with Gasteiger partial charge < -0.3 is 15.4 Å². The molecule has 1 atom stereocenters. The Kier molecular flexibility index (Phi) is 5.07. The number of rotatable bonds is 5. The third-order valence-electron chi connectivity index (χ3n) is 4.23. The molecule has 1 amide bonds. The van der Waals surface area contributed by atoms with Crippen LogP contribution < -0.4 is 10.5 Å². The number of carbonyl (C=O) groups excluding carboxylic acids is 1. The van der Waals surface area contributed by atoms with E-state index in [-0.39, 0.29) is 5.91 Å². The van der Waals surface area contributed by atoms with E-state index < -0.39 is 0 Å². The smallest absolute Gasteiger partial charge is 0.257 e. The first kappa shape index (κ1) is 15.6. The first-order chi connectivity index (χ1) is 10.1. The van der Waals surface area contributed by atoms with Crippen molar-refractivity contribution >= 4 is 11.6 Å². The Bertz CT molecular complexity index is 500. The maximum atomic E-state index is 12.7. The maximum Gasteiger partial charge on any atom is 0.257 e. The van der Waals surface area contributed by atoms with Gasteiger partial charge in [0.25, 0.3) is 5.91 Å². The van der Waals surface area contributed by atoms with Crippen molar-refractivity contribution in [2.24, 2.45) is 0 Å². The van der Waals surface area contributed by atoms with Crippen LogP contribution in [-0.2, 0) is 0 Å². The molecule has 1 unspecified atom stereocenters. The monoisotopic (exact) mass is 291 g/mol. The van der Waals surface area contributed by atoms with Gasteiger partial charge in [-0.05, 0) is 37.7 Å². The minimum absolute atomic E-state index is 0.00815. The average molecular weight is 291 g/mol. The maximum absolute atomic E-state index is 12.7. The van der Waals surface area contributed by atoms with E-state index in [1.54, 1.807) is 25.3 Å². The van der Waals surface area contributed by atoms with Crippen molar-refractivity contribution in [2.45, 2.75) is 26.3 Å². The number of nitrogens with two attached hydrogens (primary N) is 1. The molecule has 0 aromatic heterocycles. The SMILES string of the molecule is CCN(CC)C1CCN(C(=O)c2cc(N)ccc2OC)C1. The third kappa shape index (κ3) is 3.29. The van der Waals surface area contributed by atoms with Crippen LogP contribution in [-0.4, -0.2) is 55.0 Å². The van der Waals surface area contributed by atoms with Gasteiger partial charge in [-0.25, -0.2) is 0 Å². The van der Waals surface area contributed by atoms with Gasteiger partial charge in [-0.3, -0.25) is 9.69 Å². The number of likely N-dealkylation sites (N-methyl/N-ethyl adjacent to an activating group) is 1. The lowest BCUT2D eigenvalue weighted by Gasteiger charge is -2.26. The number of hydrogen-bond donors (Lipinski definition) is 1. The van der Waals surface area contributed by atoms with E-state index in [2.05, 4.69) is 18.7 Å². The summed E-state index contributed by atoms with van der Waals surface area (Å²) in [5.74, 6) is 0.592. The van der Waals surface area contributed by atoms with Gasteiger partial charge in [-0.2, -0.15) is 0 Å². The van der Waals surface area contributed by atoms with Gasteiger partial charge in [0.15, 0.2) is 0 Å². The molecule has 0 bridgehead atoms. The second-order valence-corrected chi connectivity index (χ2v) is 5.37. The number of hydrogen-bond acceptors (Lipinski definition) is 4. The summed E-state index contributed by atoms with van der Waals surface area (Å²) in [4.78, 5) is 17.0. The second kappa shape index (κ2) is 6.80. The molecular weight excluding hydrogens is 266 g/mol. The van der Waals surface area contributed by atoms with E-state index in [1.807, 2.05) is 4.90 Å². The fraction of sp³-hybridized carbons (Fsp3) is 0.562. The van der Waals surface area contributed by atoms with Gasteiger partial charge in [0.05, 0.1) is 12.7 Å². The molecule has 116 valence electrons. The molecule has 2 N–H and O–H groups in total. The molecule has 1 aromatic rings. The number of nitrogen functional groups attached to an aromatic ring is 1. The highest BCUT2D eigenvalue weighted by Crippen LogP contribution is 2.25. The Morgan fingerprint density at radius 1 is 1.43 bits per heavy atom. The Hall–Kier alpha value is -1.75. The molecule has 1 saturated heterocycles. The molecule has 0 spiro atoms. The number of likely N-dealkylation sites (tertiary alicyclic amines) is 1. The quantitative estimate of drug-likeness (QED) is 0.841. The number of ether oxygens (including phenoxy) is 1. The summed E-state index contributed by atoms with van der Waals surface area (Å²) in [6.45, 7) is 7.93. The molecule has 1 fully saturated rings. The highest BCUT2D eigenvalue weighted by atomic mass is 16.5. The number of methoxy groups -OCH3 is 1. The van der Waals surface area contributed by atoms with E-state index in [0.717, 1.165) is 32.6 Å². The highest BCUT2D eigenvalue weighted by molar-refractivity contribution is 5.98. The zero-order valence-corrected chi connectivity index (χ0v) is 13.1. The molecule has 0 radical (unpaired) electrons.